The predicted octanol–water partition coefficient (Wildman–Crippen LogP) is 5.73. The lowest BCUT2D eigenvalue weighted by molar-refractivity contribution is -0.140. The number of halogens is 1. The highest BCUT2D eigenvalue weighted by atomic mass is 35.5. The monoisotopic (exact) mass is 492 g/mol. The van der Waals surface area contributed by atoms with Crippen LogP contribution in [0.5, 0.6) is 0 Å². The van der Waals surface area contributed by atoms with Crippen LogP contribution in [0, 0.1) is 11.8 Å². The first kappa shape index (κ1) is 24.1. The van der Waals surface area contributed by atoms with Crippen molar-refractivity contribution >= 4 is 35.0 Å². The molecule has 5 nitrogen and oxygen atoms in total. The summed E-state index contributed by atoms with van der Waals surface area (Å²) in [6.45, 7) is 6.57. The zero-order chi connectivity index (χ0) is 25.0. The lowest BCUT2D eigenvalue weighted by atomic mass is 9.65. The molecule has 0 aromatic heterocycles. The highest BCUT2D eigenvalue weighted by Gasteiger charge is 2.50. The predicted molar refractivity (Wildman–Crippen MR) is 137 cm³/mol. The van der Waals surface area contributed by atoms with Crippen molar-refractivity contribution in [3.8, 4) is 0 Å². The second-order valence-electron chi connectivity index (χ2n) is 11.2. The molecule has 1 aliphatic carbocycles. The van der Waals surface area contributed by atoms with Gasteiger partial charge in [-0.25, -0.2) is 0 Å². The van der Waals surface area contributed by atoms with E-state index in [9.17, 15) is 14.4 Å². The van der Waals surface area contributed by atoms with Gasteiger partial charge in [0, 0.05) is 34.6 Å². The summed E-state index contributed by atoms with van der Waals surface area (Å²) in [5.74, 6) is -0.588. The zero-order valence-corrected chi connectivity index (χ0v) is 21.5. The first-order chi connectivity index (χ1) is 16.6. The molecule has 3 aliphatic rings. The highest BCUT2D eigenvalue weighted by molar-refractivity contribution is 6.30. The number of para-hydroxylation sites is 1. The summed E-state index contributed by atoms with van der Waals surface area (Å²) in [7, 11) is 0. The number of anilines is 1. The summed E-state index contributed by atoms with van der Waals surface area (Å²) in [6.07, 6.45) is 4.43. The number of nitrogens with zero attached hydrogens (tertiary/aromatic N) is 2. The van der Waals surface area contributed by atoms with Crippen molar-refractivity contribution in [1.29, 1.82) is 0 Å². The summed E-state index contributed by atoms with van der Waals surface area (Å²) in [4.78, 5) is 42.8. The SMILES string of the molecule is CC1(c2ccc(Cl)cc2)CC(C)(C)N(C(=O)CCN2C(=O)C3CCCCC3C2=O)c2ccccc21. The Labute approximate surface area is 212 Å². The van der Waals surface area contributed by atoms with Crippen LogP contribution < -0.4 is 4.90 Å². The Hall–Kier alpha value is -2.66. The van der Waals surface area contributed by atoms with Crippen LogP contribution in [0.1, 0.15) is 70.4 Å². The van der Waals surface area contributed by atoms with E-state index >= 15 is 0 Å². The molecule has 2 heterocycles. The smallest absolute Gasteiger partial charge is 0.233 e. The molecule has 35 heavy (non-hydrogen) atoms. The maximum Gasteiger partial charge on any atom is 0.233 e. The normalized spacial score (nSPS) is 27.5. The van der Waals surface area contributed by atoms with Crippen molar-refractivity contribution in [2.45, 2.75) is 70.3 Å². The molecule has 0 radical (unpaired) electrons. The molecule has 0 spiro atoms. The molecule has 3 unspecified atom stereocenters. The van der Waals surface area contributed by atoms with E-state index in [0.717, 1.165) is 48.9 Å². The van der Waals surface area contributed by atoms with Crippen LogP contribution in [0.3, 0.4) is 0 Å². The standard InChI is InChI=1S/C29H33ClN2O3/c1-28(2)18-29(3,19-12-14-20(30)15-13-19)23-10-6-7-11-24(23)32(28)25(33)16-17-31-26(34)21-8-4-5-9-22(21)27(31)35/h6-7,10-15,21-22H,4-5,8-9,16-18H2,1-3H3. The van der Waals surface area contributed by atoms with E-state index in [4.69, 9.17) is 11.6 Å². The van der Waals surface area contributed by atoms with Gasteiger partial charge in [-0.2, -0.15) is 0 Å². The van der Waals surface area contributed by atoms with Crippen LogP contribution in [0.4, 0.5) is 5.69 Å². The Morgan fingerprint density at radius 1 is 0.943 bits per heavy atom. The molecular formula is C29H33ClN2O3. The lowest BCUT2D eigenvalue weighted by Gasteiger charge is -2.51. The molecule has 184 valence electrons. The summed E-state index contributed by atoms with van der Waals surface area (Å²) < 4.78 is 0. The molecular weight excluding hydrogens is 460 g/mol. The summed E-state index contributed by atoms with van der Waals surface area (Å²) in [6, 6.07) is 16.0. The molecule has 2 fully saturated rings. The van der Waals surface area contributed by atoms with Gasteiger partial charge in [0.2, 0.25) is 17.7 Å². The fourth-order valence-electron chi connectivity index (χ4n) is 6.82. The highest BCUT2D eigenvalue weighted by Crippen LogP contribution is 2.50. The molecule has 2 aromatic carbocycles. The first-order valence-electron chi connectivity index (χ1n) is 12.7. The van der Waals surface area contributed by atoms with E-state index in [2.05, 4.69) is 39.0 Å². The number of amides is 3. The quantitative estimate of drug-likeness (QED) is 0.512. The average Bonchev–Trinajstić information content (AvgIpc) is 3.07. The van der Waals surface area contributed by atoms with Gasteiger partial charge in [0.25, 0.3) is 0 Å². The fraction of sp³-hybridized carbons (Fsp3) is 0.483. The van der Waals surface area contributed by atoms with Crippen molar-refractivity contribution in [3.63, 3.8) is 0 Å². The van der Waals surface area contributed by atoms with Gasteiger partial charge < -0.3 is 4.90 Å². The van der Waals surface area contributed by atoms with Crippen molar-refractivity contribution in [3.05, 3.63) is 64.7 Å². The van der Waals surface area contributed by atoms with E-state index in [0.29, 0.717) is 5.02 Å². The minimum atomic E-state index is -0.465. The van der Waals surface area contributed by atoms with Crippen molar-refractivity contribution in [2.75, 3.05) is 11.4 Å². The van der Waals surface area contributed by atoms with Gasteiger partial charge in [-0.05, 0) is 62.4 Å². The van der Waals surface area contributed by atoms with Crippen LogP contribution in [0.15, 0.2) is 48.5 Å². The minimum Gasteiger partial charge on any atom is -0.306 e. The largest absolute Gasteiger partial charge is 0.306 e. The zero-order valence-electron chi connectivity index (χ0n) is 20.7. The van der Waals surface area contributed by atoms with Gasteiger partial charge in [-0.3, -0.25) is 19.3 Å². The molecule has 2 aromatic rings. The molecule has 6 heteroatoms. The van der Waals surface area contributed by atoms with Crippen molar-refractivity contribution in [2.24, 2.45) is 11.8 Å². The first-order valence-corrected chi connectivity index (χ1v) is 13.1. The van der Waals surface area contributed by atoms with Gasteiger partial charge >= 0.3 is 0 Å². The number of carbonyl (C=O) groups excluding carboxylic acids is 3. The second-order valence-corrected chi connectivity index (χ2v) is 11.6. The Morgan fingerprint density at radius 3 is 2.17 bits per heavy atom. The second kappa shape index (κ2) is 8.77. The maximum absolute atomic E-state index is 13.7. The maximum atomic E-state index is 13.7. The summed E-state index contributed by atoms with van der Waals surface area (Å²) in [5.41, 5.74) is 2.38. The van der Waals surface area contributed by atoms with Crippen LogP contribution in [-0.2, 0) is 19.8 Å². The number of carbonyl (C=O) groups is 3. The molecule has 0 N–H and O–H groups in total. The third-order valence-electron chi connectivity index (χ3n) is 8.34. The molecule has 3 atom stereocenters. The number of fused-ring (bicyclic) bond motifs is 2. The van der Waals surface area contributed by atoms with Gasteiger partial charge in [0.1, 0.15) is 0 Å². The van der Waals surface area contributed by atoms with Crippen molar-refractivity contribution in [1.82, 2.24) is 4.90 Å². The summed E-state index contributed by atoms with van der Waals surface area (Å²) >= 11 is 6.16. The van der Waals surface area contributed by atoms with Crippen molar-refractivity contribution < 1.29 is 14.4 Å². The number of hydrogen-bond donors (Lipinski definition) is 0. The van der Waals surface area contributed by atoms with Gasteiger partial charge in [0.15, 0.2) is 0 Å². The molecule has 2 aliphatic heterocycles. The number of likely N-dealkylation sites (tertiary alicyclic amines) is 1. The molecule has 5 rings (SSSR count). The van der Waals surface area contributed by atoms with Gasteiger partial charge in [-0.15, -0.1) is 0 Å². The van der Waals surface area contributed by atoms with Crippen LogP contribution in [0.25, 0.3) is 0 Å². The van der Waals surface area contributed by atoms with Gasteiger partial charge in [-0.1, -0.05) is 61.7 Å². The van der Waals surface area contributed by atoms with Gasteiger partial charge in [0.05, 0.1) is 11.8 Å². The average molecular weight is 493 g/mol. The number of hydrogen-bond acceptors (Lipinski definition) is 3. The summed E-state index contributed by atoms with van der Waals surface area (Å²) in [5, 5.41) is 0.698. The number of benzene rings is 2. The number of rotatable bonds is 4. The topological polar surface area (TPSA) is 57.7 Å². The van der Waals surface area contributed by atoms with E-state index in [1.807, 2.05) is 35.2 Å². The Kier molecular flexibility index (Phi) is 6.03. The molecule has 3 amide bonds. The molecule has 1 saturated carbocycles. The minimum absolute atomic E-state index is 0.0592. The van der Waals surface area contributed by atoms with Crippen LogP contribution in [-0.4, -0.2) is 34.7 Å². The Bertz CT molecular complexity index is 1150. The van der Waals surface area contributed by atoms with Crippen LogP contribution in [0.2, 0.25) is 5.02 Å². The Morgan fingerprint density at radius 2 is 1.54 bits per heavy atom. The third kappa shape index (κ3) is 3.98. The van der Waals surface area contributed by atoms with E-state index in [-0.39, 0.29) is 47.9 Å². The number of imide groups is 1. The van der Waals surface area contributed by atoms with E-state index in [1.165, 1.54) is 4.90 Å². The van der Waals surface area contributed by atoms with E-state index < -0.39 is 5.54 Å². The fourth-order valence-corrected chi connectivity index (χ4v) is 6.94. The Balaban J connectivity index is 1.42. The third-order valence-corrected chi connectivity index (χ3v) is 8.60. The lowest BCUT2D eigenvalue weighted by Crippen LogP contribution is -2.56. The molecule has 1 saturated heterocycles. The van der Waals surface area contributed by atoms with Crippen LogP contribution >= 0.6 is 11.6 Å². The van der Waals surface area contributed by atoms with E-state index in [1.54, 1.807) is 0 Å². The molecule has 0 bridgehead atoms.